The Morgan fingerprint density at radius 1 is 1.07 bits per heavy atom. The number of rotatable bonds is 5. The van der Waals surface area contributed by atoms with Crippen LogP contribution >= 0.6 is 11.8 Å². The molecule has 2 amide bonds. The Balaban J connectivity index is 2.02. The highest BCUT2D eigenvalue weighted by Crippen LogP contribution is 2.27. The molecule has 2 aromatic carbocycles. The quantitative estimate of drug-likeness (QED) is 0.704. The van der Waals surface area contributed by atoms with Crippen LogP contribution in [0.4, 0.5) is 10.5 Å². The van der Waals surface area contributed by atoms with Crippen LogP contribution in [0.3, 0.4) is 0 Å². The van der Waals surface area contributed by atoms with Gasteiger partial charge in [-0.1, -0.05) is 39.0 Å². The van der Waals surface area contributed by atoms with Gasteiger partial charge < -0.3 is 15.0 Å². The van der Waals surface area contributed by atoms with Crippen molar-refractivity contribution in [3.63, 3.8) is 0 Å². The molecule has 5 nitrogen and oxygen atoms in total. The first kappa shape index (κ1) is 21.8. The van der Waals surface area contributed by atoms with E-state index >= 15 is 0 Å². The minimum Gasteiger partial charge on any atom is -0.481 e. The van der Waals surface area contributed by atoms with Gasteiger partial charge in [0.25, 0.3) is 11.1 Å². The van der Waals surface area contributed by atoms with Gasteiger partial charge in [-0.05, 0) is 60.0 Å². The lowest BCUT2D eigenvalue weighted by Gasteiger charge is -2.21. The molecule has 0 saturated carbocycles. The maximum absolute atomic E-state index is 12.5. The Morgan fingerprint density at radius 3 is 2.39 bits per heavy atom. The summed E-state index contributed by atoms with van der Waals surface area (Å²) in [6.07, 6.45) is -0.657. The van der Waals surface area contributed by atoms with Gasteiger partial charge in [-0.15, -0.1) is 0 Å². The van der Waals surface area contributed by atoms with Crippen molar-refractivity contribution in [1.29, 1.82) is 0 Å². The molecule has 0 aromatic heterocycles. The van der Waals surface area contributed by atoms with Gasteiger partial charge in [0.2, 0.25) is 0 Å². The Bertz CT molecular complexity index is 844. The molecule has 0 heterocycles. The maximum atomic E-state index is 12.5. The SMILES string of the molecule is CC(Oc1cccc(C(C)(C)C)c1)C(=O)Nc1cccc(SC(=O)N(C)C)c1. The van der Waals surface area contributed by atoms with Crippen LogP contribution in [0.15, 0.2) is 53.4 Å². The van der Waals surface area contributed by atoms with E-state index in [9.17, 15) is 9.59 Å². The highest BCUT2D eigenvalue weighted by atomic mass is 32.2. The zero-order chi connectivity index (χ0) is 20.9. The van der Waals surface area contributed by atoms with Crippen LogP contribution in [0.1, 0.15) is 33.3 Å². The van der Waals surface area contributed by atoms with E-state index in [0.717, 1.165) is 22.2 Å². The van der Waals surface area contributed by atoms with E-state index in [2.05, 4.69) is 32.2 Å². The summed E-state index contributed by atoms with van der Waals surface area (Å²) in [5.41, 5.74) is 1.78. The summed E-state index contributed by atoms with van der Waals surface area (Å²) in [6, 6.07) is 15.0. The lowest BCUT2D eigenvalue weighted by atomic mass is 9.87. The average molecular weight is 401 g/mol. The van der Waals surface area contributed by atoms with E-state index in [-0.39, 0.29) is 16.6 Å². The molecule has 0 fully saturated rings. The van der Waals surface area contributed by atoms with Crippen molar-refractivity contribution >= 4 is 28.6 Å². The number of benzene rings is 2. The number of carbonyl (C=O) groups excluding carboxylic acids is 2. The molecule has 1 atom stereocenters. The first-order valence-electron chi connectivity index (χ1n) is 9.13. The van der Waals surface area contributed by atoms with Crippen molar-refractivity contribution < 1.29 is 14.3 Å². The summed E-state index contributed by atoms with van der Waals surface area (Å²) in [5.74, 6) is 0.415. The van der Waals surface area contributed by atoms with E-state index in [1.807, 2.05) is 24.3 Å². The van der Waals surface area contributed by atoms with Crippen molar-refractivity contribution in [2.75, 3.05) is 19.4 Å². The number of nitrogens with zero attached hydrogens (tertiary/aromatic N) is 1. The van der Waals surface area contributed by atoms with Gasteiger partial charge in [-0.3, -0.25) is 9.59 Å². The monoisotopic (exact) mass is 400 g/mol. The van der Waals surface area contributed by atoms with Gasteiger partial charge in [-0.2, -0.15) is 0 Å². The first-order chi connectivity index (χ1) is 13.1. The molecule has 2 aromatic rings. The molecular formula is C22H28N2O3S. The second-order valence-corrected chi connectivity index (χ2v) is 8.84. The third kappa shape index (κ3) is 6.30. The summed E-state index contributed by atoms with van der Waals surface area (Å²) in [6.45, 7) is 8.12. The number of nitrogens with one attached hydrogen (secondary N) is 1. The molecule has 0 aliphatic heterocycles. The molecule has 2 rings (SSSR count). The second-order valence-electron chi connectivity index (χ2n) is 7.82. The lowest BCUT2D eigenvalue weighted by Crippen LogP contribution is -2.30. The van der Waals surface area contributed by atoms with E-state index in [0.29, 0.717) is 11.4 Å². The molecule has 6 heteroatoms. The molecule has 1 unspecified atom stereocenters. The number of ether oxygens (including phenoxy) is 1. The molecule has 0 radical (unpaired) electrons. The van der Waals surface area contributed by atoms with Crippen LogP contribution in [-0.4, -0.2) is 36.2 Å². The van der Waals surface area contributed by atoms with Gasteiger partial charge in [0.05, 0.1) is 0 Å². The Hall–Kier alpha value is -2.47. The highest BCUT2D eigenvalue weighted by Gasteiger charge is 2.18. The van der Waals surface area contributed by atoms with Crippen LogP contribution in [0.25, 0.3) is 0 Å². The third-order valence-electron chi connectivity index (χ3n) is 4.05. The molecule has 0 aliphatic carbocycles. The number of anilines is 1. The number of thioether (sulfide) groups is 1. The number of hydrogen-bond acceptors (Lipinski definition) is 4. The Labute approximate surface area is 171 Å². The third-order valence-corrected chi connectivity index (χ3v) is 5.08. The Kier molecular flexibility index (Phi) is 7.13. The second kappa shape index (κ2) is 9.15. The summed E-state index contributed by atoms with van der Waals surface area (Å²) in [7, 11) is 3.41. The van der Waals surface area contributed by atoms with Crippen LogP contribution in [-0.2, 0) is 10.2 Å². The van der Waals surface area contributed by atoms with Crippen LogP contribution in [0, 0.1) is 0 Å². The molecular weight excluding hydrogens is 372 g/mol. The summed E-state index contributed by atoms with van der Waals surface area (Å²) in [4.78, 5) is 26.6. The maximum Gasteiger partial charge on any atom is 0.285 e. The zero-order valence-corrected chi connectivity index (χ0v) is 18.1. The van der Waals surface area contributed by atoms with Crippen molar-refractivity contribution in [2.24, 2.45) is 0 Å². The fourth-order valence-electron chi connectivity index (χ4n) is 2.37. The molecule has 0 bridgehead atoms. The highest BCUT2D eigenvalue weighted by molar-refractivity contribution is 8.13. The summed E-state index contributed by atoms with van der Waals surface area (Å²) in [5, 5.41) is 2.78. The predicted molar refractivity (Wildman–Crippen MR) is 115 cm³/mol. The van der Waals surface area contributed by atoms with E-state index in [4.69, 9.17) is 4.74 Å². The van der Waals surface area contributed by atoms with Crippen LogP contribution in [0.5, 0.6) is 5.75 Å². The minimum atomic E-state index is -0.657. The van der Waals surface area contributed by atoms with Gasteiger partial charge in [0.15, 0.2) is 6.10 Å². The summed E-state index contributed by atoms with van der Waals surface area (Å²) >= 11 is 1.11. The zero-order valence-electron chi connectivity index (χ0n) is 17.3. The molecule has 0 aliphatic rings. The molecule has 1 N–H and O–H groups in total. The van der Waals surface area contributed by atoms with Crippen molar-refractivity contribution in [1.82, 2.24) is 4.90 Å². The van der Waals surface area contributed by atoms with Crippen LogP contribution in [0.2, 0.25) is 0 Å². The largest absolute Gasteiger partial charge is 0.481 e. The average Bonchev–Trinajstić information content (AvgIpc) is 2.61. The van der Waals surface area contributed by atoms with E-state index < -0.39 is 6.10 Å². The topological polar surface area (TPSA) is 58.6 Å². The van der Waals surface area contributed by atoms with Crippen molar-refractivity contribution in [3.05, 3.63) is 54.1 Å². The molecule has 28 heavy (non-hydrogen) atoms. The summed E-state index contributed by atoms with van der Waals surface area (Å²) < 4.78 is 5.83. The molecule has 150 valence electrons. The minimum absolute atomic E-state index is 0.00691. The smallest absolute Gasteiger partial charge is 0.285 e. The van der Waals surface area contributed by atoms with Gasteiger partial charge >= 0.3 is 0 Å². The number of amides is 2. The molecule has 0 saturated heterocycles. The first-order valence-corrected chi connectivity index (χ1v) is 9.95. The van der Waals surface area contributed by atoms with Crippen molar-refractivity contribution in [3.8, 4) is 5.75 Å². The standard InChI is InChI=1S/C22H28N2O3S/c1-15(27-18-11-7-9-16(13-18)22(2,3)4)20(25)23-17-10-8-12-19(14-17)28-21(26)24(5)6/h7-15H,1-6H3,(H,23,25). The lowest BCUT2D eigenvalue weighted by molar-refractivity contribution is -0.122. The fraction of sp³-hybridized carbons (Fsp3) is 0.364. The van der Waals surface area contributed by atoms with E-state index in [1.54, 1.807) is 39.2 Å². The van der Waals surface area contributed by atoms with Gasteiger partial charge in [0, 0.05) is 24.7 Å². The predicted octanol–water partition coefficient (Wildman–Crippen LogP) is 5.16. The van der Waals surface area contributed by atoms with E-state index in [1.165, 1.54) is 4.90 Å². The fourth-order valence-corrected chi connectivity index (χ4v) is 3.08. The van der Waals surface area contributed by atoms with Crippen LogP contribution < -0.4 is 10.1 Å². The van der Waals surface area contributed by atoms with Gasteiger partial charge in [0.1, 0.15) is 5.75 Å². The number of hydrogen-bond donors (Lipinski definition) is 1. The normalized spacial score (nSPS) is 12.2. The Morgan fingerprint density at radius 2 is 1.75 bits per heavy atom. The number of carbonyl (C=O) groups is 2. The van der Waals surface area contributed by atoms with Crippen molar-refractivity contribution in [2.45, 2.75) is 44.1 Å². The molecule has 0 spiro atoms. The van der Waals surface area contributed by atoms with Gasteiger partial charge in [-0.25, -0.2) is 0 Å².